The molecular weight excluding hydrogens is 238 g/mol. The average Bonchev–Trinajstić information content (AvgIpc) is 2.35. The summed E-state index contributed by atoms with van der Waals surface area (Å²) in [5, 5.41) is 2.62. The summed E-state index contributed by atoms with van der Waals surface area (Å²) >= 11 is 1.50. The minimum atomic E-state index is -0.280. The molecule has 90 valence electrons. The smallest absolute Gasteiger partial charge is 0.305 e. The lowest BCUT2D eigenvalue weighted by atomic mass is 10.2. The molecule has 1 atom stereocenters. The first-order valence-corrected chi connectivity index (χ1v) is 6.22. The summed E-state index contributed by atoms with van der Waals surface area (Å²) in [5.41, 5.74) is 0.844. The number of esters is 1. The van der Waals surface area contributed by atoms with Crippen molar-refractivity contribution in [3.05, 3.63) is 24.3 Å². The molecule has 1 amide bonds. The number of para-hydroxylation sites is 1. The molecular formula is C12H13NO3S. The highest BCUT2D eigenvalue weighted by atomic mass is 32.2. The first kappa shape index (κ1) is 12.0. The Morgan fingerprint density at radius 1 is 1.47 bits per heavy atom. The van der Waals surface area contributed by atoms with Gasteiger partial charge in [-0.05, 0) is 18.6 Å². The van der Waals surface area contributed by atoms with Crippen LogP contribution in [0.5, 0.6) is 0 Å². The van der Waals surface area contributed by atoms with E-state index in [2.05, 4.69) is 10.1 Å². The van der Waals surface area contributed by atoms with E-state index in [0.717, 1.165) is 10.6 Å². The van der Waals surface area contributed by atoms with E-state index in [1.807, 2.05) is 24.3 Å². The lowest BCUT2D eigenvalue weighted by Crippen LogP contribution is -2.29. The molecule has 1 aromatic rings. The molecule has 2 rings (SSSR count). The number of ether oxygens (including phenoxy) is 1. The van der Waals surface area contributed by atoms with Gasteiger partial charge in [0.05, 0.1) is 18.0 Å². The fraction of sp³-hybridized carbons (Fsp3) is 0.333. The minimum Gasteiger partial charge on any atom is -0.469 e. The van der Waals surface area contributed by atoms with Crippen LogP contribution in [-0.4, -0.2) is 24.2 Å². The normalized spacial score (nSPS) is 18.2. The van der Waals surface area contributed by atoms with Gasteiger partial charge in [0.2, 0.25) is 5.91 Å². The molecule has 0 fully saturated rings. The van der Waals surface area contributed by atoms with Crippen molar-refractivity contribution in [3.8, 4) is 0 Å². The van der Waals surface area contributed by atoms with E-state index in [9.17, 15) is 9.59 Å². The van der Waals surface area contributed by atoms with Crippen LogP contribution in [0.4, 0.5) is 5.69 Å². The second-order valence-corrected chi connectivity index (χ2v) is 4.95. The minimum absolute atomic E-state index is 0.0439. The molecule has 1 heterocycles. The summed E-state index contributed by atoms with van der Waals surface area (Å²) in [6.07, 6.45) is 0.765. The predicted octanol–water partition coefficient (Wildman–Crippen LogP) is 2.05. The first-order chi connectivity index (χ1) is 8.20. The van der Waals surface area contributed by atoms with Crippen molar-refractivity contribution >= 4 is 29.3 Å². The SMILES string of the molecule is COC(=O)CCC1Sc2ccccc2NC1=O. The van der Waals surface area contributed by atoms with Crippen LogP contribution < -0.4 is 5.32 Å². The molecule has 1 unspecified atom stereocenters. The van der Waals surface area contributed by atoms with Crippen LogP contribution in [0.2, 0.25) is 0 Å². The van der Waals surface area contributed by atoms with Crippen LogP contribution in [0.15, 0.2) is 29.2 Å². The standard InChI is InChI=1S/C12H13NO3S/c1-16-11(14)7-6-10-12(15)13-8-4-2-3-5-9(8)17-10/h2-5,10H,6-7H2,1H3,(H,13,15). The van der Waals surface area contributed by atoms with Crippen molar-refractivity contribution < 1.29 is 14.3 Å². The summed E-state index contributed by atoms with van der Waals surface area (Å²) < 4.78 is 4.57. The Hall–Kier alpha value is -1.49. The van der Waals surface area contributed by atoms with Gasteiger partial charge in [-0.1, -0.05) is 12.1 Å². The molecule has 1 aromatic carbocycles. The molecule has 17 heavy (non-hydrogen) atoms. The van der Waals surface area contributed by atoms with Gasteiger partial charge >= 0.3 is 5.97 Å². The molecule has 1 N–H and O–H groups in total. The van der Waals surface area contributed by atoms with Crippen molar-refractivity contribution in [3.63, 3.8) is 0 Å². The molecule has 5 heteroatoms. The second kappa shape index (κ2) is 5.23. The highest BCUT2D eigenvalue weighted by molar-refractivity contribution is 8.01. The number of methoxy groups -OCH3 is 1. The largest absolute Gasteiger partial charge is 0.469 e. The monoisotopic (exact) mass is 251 g/mol. The molecule has 4 nitrogen and oxygen atoms in total. The quantitative estimate of drug-likeness (QED) is 0.835. The maximum absolute atomic E-state index is 11.8. The number of thioether (sulfide) groups is 1. The van der Waals surface area contributed by atoms with Gasteiger partial charge in [-0.3, -0.25) is 9.59 Å². The van der Waals surface area contributed by atoms with E-state index in [-0.39, 0.29) is 23.5 Å². The molecule has 0 spiro atoms. The zero-order chi connectivity index (χ0) is 12.3. The molecule has 0 aromatic heterocycles. The van der Waals surface area contributed by atoms with Crippen molar-refractivity contribution in [1.29, 1.82) is 0 Å². The van der Waals surface area contributed by atoms with E-state index in [1.165, 1.54) is 18.9 Å². The number of rotatable bonds is 3. The molecule has 1 aliphatic rings. The lowest BCUT2D eigenvalue weighted by Gasteiger charge is -2.23. The summed E-state index contributed by atoms with van der Waals surface area (Å²) in [6.45, 7) is 0. The molecule has 0 bridgehead atoms. The van der Waals surface area contributed by atoms with E-state index in [0.29, 0.717) is 6.42 Å². The Kier molecular flexibility index (Phi) is 3.68. The van der Waals surface area contributed by atoms with Crippen LogP contribution in [0.25, 0.3) is 0 Å². The number of nitrogens with one attached hydrogen (secondary N) is 1. The Morgan fingerprint density at radius 3 is 3.00 bits per heavy atom. The third-order valence-electron chi connectivity index (χ3n) is 2.54. The maximum atomic E-state index is 11.8. The van der Waals surface area contributed by atoms with Gasteiger partial charge in [0.25, 0.3) is 0 Å². The van der Waals surface area contributed by atoms with Crippen molar-refractivity contribution in [2.75, 3.05) is 12.4 Å². The van der Waals surface area contributed by atoms with Crippen molar-refractivity contribution in [2.24, 2.45) is 0 Å². The Bertz CT molecular complexity index is 447. The zero-order valence-corrected chi connectivity index (χ0v) is 10.3. The van der Waals surface area contributed by atoms with Crippen LogP contribution in [0.1, 0.15) is 12.8 Å². The third-order valence-corrected chi connectivity index (χ3v) is 3.89. The van der Waals surface area contributed by atoms with Gasteiger partial charge in [0, 0.05) is 11.3 Å². The third kappa shape index (κ3) is 2.79. The fourth-order valence-corrected chi connectivity index (χ4v) is 2.75. The highest BCUT2D eigenvalue weighted by Gasteiger charge is 2.26. The average molecular weight is 251 g/mol. The number of anilines is 1. The van der Waals surface area contributed by atoms with Crippen LogP contribution in [0, 0.1) is 0 Å². The van der Waals surface area contributed by atoms with Gasteiger partial charge in [0.15, 0.2) is 0 Å². The van der Waals surface area contributed by atoms with Crippen LogP contribution in [-0.2, 0) is 14.3 Å². The van der Waals surface area contributed by atoms with Gasteiger partial charge in [0.1, 0.15) is 0 Å². The number of amides is 1. The van der Waals surface area contributed by atoms with Crippen molar-refractivity contribution in [1.82, 2.24) is 0 Å². The molecule has 0 radical (unpaired) electrons. The summed E-state index contributed by atoms with van der Waals surface area (Å²) in [4.78, 5) is 23.9. The lowest BCUT2D eigenvalue weighted by molar-refractivity contribution is -0.140. The maximum Gasteiger partial charge on any atom is 0.305 e. The Balaban J connectivity index is 2.02. The number of hydrogen-bond acceptors (Lipinski definition) is 4. The summed E-state index contributed by atoms with van der Waals surface area (Å²) in [6, 6.07) is 7.65. The predicted molar refractivity (Wildman–Crippen MR) is 66.0 cm³/mol. The second-order valence-electron chi connectivity index (χ2n) is 3.71. The van der Waals surface area contributed by atoms with E-state index in [4.69, 9.17) is 0 Å². The number of hydrogen-bond donors (Lipinski definition) is 1. The molecule has 0 aliphatic carbocycles. The number of fused-ring (bicyclic) bond motifs is 1. The number of carbonyl (C=O) groups is 2. The number of carbonyl (C=O) groups excluding carboxylic acids is 2. The Labute approximate surface area is 104 Å². The van der Waals surface area contributed by atoms with Crippen molar-refractivity contribution in [2.45, 2.75) is 23.0 Å². The van der Waals surface area contributed by atoms with E-state index in [1.54, 1.807) is 0 Å². The molecule has 0 saturated carbocycles. The topological polar surface area (TPSA) is 55.4 Å². The molecule has 0 saturated heterocycles. The summed E-state index contributed by atoms with van der Waals surface area (Å²) in [5.74, 6) is -0.324. The highest BCUT2D eigenvalue weighted by Crippen LogP contribution is 2.36. The van der Waals surface area contributed by atoms with Gasteiger partial charge in [-0.2, -0.15) is 0 Å². The molecule has 1 aliphatic heterocycles. The van der Waals surface area contributed by atoms with Gasteiger partial charge < -0.3 is 10.1 Å². The van der Waals surface area contributed by atoms with Crippen LogP contribution >= 0.6 is 11.8 Å². The zero-order valence-electron chi connectivity index (χ0n) is 9.43. The number of benzene rings is 1. The summed E-state index contributed by atoms with van der Waals surface area (Å²) in [7, 11) is 1.35. The first-order valence-electron chi connectivity index (χ1n) is 5.34. The van der Waals surface area contributed by atoms with Gasteiger partial charge in [-0.25, -0.2) is 0 Å². The van der Waals surface area contributed by atoms with Crippen LogP contribution in [0.3, 0.4) is 0 Å². The fourth-order valence-electron chi connectivity index (χ4n) is 1.63. The van der Waals surface area contributed by atoms with E-state index >= 15 is 0 Å². The van der Waals surface area contributed by atoms with Gasteiger partial charge in [-0.15, -0.1) is 11.8 Å². The van der Waals surface area contributed by atoms with E-state index < -0.39 is 0 Å². The Morgan fingerprint density at radius 2 is 2.24 bits per heavy atom.